The van der Waals surface area contributed by atoms with E-state index in [1.54, 1.807) is 11.3 Å². The van der Waals surface area contributed by atoms with Crippen LogP contribution in [0.2, 0.25) is 0 Å². The highest BCUT2D eigenvalue weighted by atomic mass is 32.1. The monoisotopic (exact) mass is 318 g/mol. The molecule has 7 heteroatoms. The van der Waals surface area contributed by atoms with Gasteiger partial charge in [0.1, 0.15) is 4.88 Å². The molecule has 0 bridgehead atoms. The first-order valence-corrected chi connectivity index (χ1v) is 8.26. The molecule has 0 fully saturated rings. The molecular formula is C14H14N4OS2. The molecule has 1 aromatic carbocycles. The second-order valence-electron chi connectivity index (χ2n) is 4.67. The Morgan fingerprint density at radius 2 is 2.24 bits per heavy atom. The number of rotatable bonds is 4. The van der Waals surface area contributed by atoms with E-state index in [0.29, 0.717) is 4.88 Å². The van der Waals surface area contributed by atoms with Crippen LogP contribution in [0.25, 0.3) is 10.2 Å². The Bertz CT molecular complexity index is 793. The van der Waals surface area contributed by atoms with Gasteiger partial charge in [-0.25, -0.2) is 4.98 Å². The molecule has 0 radical (unpaired) electrons. The first kappa shape index (κ1) is 14.1. The molecule has 0 atom stereocenters. The minimum absolute atomic E-state index is 0.144. The molecular weight excluding hydrogens is 304 g/mol. The molecule has 21 heavy (non-hydrogen) atoms. The number of carbonyl (C=O) groups excluding carboxylic acids is 1. The number of nitrogens with one attached hydrogen (secondary N) is 1. The number of fused-ring (bicyclic) bond motifs is 1. The predicted octanol–water partition coefficient (Wildman–Crippen LogP) is 3.66. The van der Waals surface area contributed by atoms with Gasteiger partial charge in [0.2, 0.25) is 0 Å². The van der Waals surface area contributed by atoms with Crippen molar-refractivity contribution in [3.05, 3.63) is 33.8 Å². The smallest absolute Gasteiger partial charge is 0.269 e. The summed E-state index contributed by atoms with van der Waals surface area (Å²) in [6.45, 7) is 4.03. The van der Waals surface area contributed by atoms with Crippen LogP contribution in [0.15, 0.2) is 18.2 Å². The first-order valence-electron chi connectivity index (χ1n) is 6.67. The van der Waals surface area contributed by atoms with Crippen molar-refractivity contribution < 1.29 is 4.79 Å². The highest BCUT2D eigenvalue weighted by Crippen LogP contribution is 2.25. The molecule has 3 rings (SSSR count). The molecule has 5 nitrogen and oxygen atoms in total. The van der Waals surface area contributed by atoms with Gasteiger partial charge >= 0.3 is 0 Å². The van der Waals surface area contributed by atoms with Gasteiger partial charge in [-0.1, -0.05) is 17.8 Å². The summed E-state index contributed by atoms with van der Waals surface area (Å²) in [5, 5.41) is 7.96. The molecule has 2 aromatic heterocycles. The maximum atomic E-state index is 12.3. The fourth-order valence-corrected chi connectivity index (χ4v) is 3.56. The summed E-state index contributed by atoms with van der Waals surface area (Å²) in [4.78, 5) is 17.3. The number of thiazole rings is 1. The van der Waals surface area contributed by atoms with Crippen LogP contribution < -0.4 is 5.32 Å². The molecule has 0 saturated carbocycles. The normalized spacial score (nSPS) is 11.0. The van der Waals surface area contributed by atoms with Crippen molar-refractivity contribution in [3.63, 3.8) is 0 Å². The van der Waals surface area contributed by atoms with E-state index in [-0.39, 0.29) is 5.91 Å². The van der Waals surface area contributed by atoms with Crippen LogP contribution in [0, 0.1) is 6.92 Å². The summed E-state index contributed by atoms with van der Waals surface area (Å²) < 4.78 is 4.95. The number of nitrogens with zero attached hydrogens (tertiary/aromatic N) is 3. The fraction of sp³-hybridized carbons (Fsp3) is 0.286. The van der Waals surface area contributed by atoms with Crippen molar-refractivity contribution in [2.24, 2.45) is 0 Å². The maximum absolute atomic E-state index is 12.3. The van der Waals surface area contributed by atoms with E-state index in [0.717, 1.165) is 51.0 Å². The molecule has 3 aromatic rings. The highest BCUT2D eigenvalue weighted by molar-refractivity contribution is 7.18. The summed E-state index contributed by atoms with van der Waals surface area (Å²) in [6, 6.07) is 5.74. The highest BCUT2D eigenvalue weighted by Gasteiger charge is 2.16. The van der Waals surface area contributed by atoms with E-state index in [2.05, 4.69) is 26.8 Å². The quantitative estimate of drug-likeness (QED) is 0.797. The molecule has 1 amide bonds. The van der Waals surface area contributed by atoms with Crippen LogP contribution in [0.4, 0.5) is 5.69 Å². The number of aromatic nitrogens is 3. The fourth-order valence-electron chi connectivity index (χ4n) is 2.09. The average Bonchev–Trinajstić information content (AvgIpc) is 3.04. The second-order valence-corrected chi connectivity index (χ2v) is 6.66. The largest absolute Gasteiger partial charge is 0.321 e. The number of hydrogen-bond acceptors (Lipinski definition) is 6. The number of carbonyl (C=O) groups is 1. The SMILES string of the molecule is CCCc1nnsc1C(=O)Nc1ccc2nc(C)sc2c1. The summed E-state index contributed by atoms with van der Waals surface area (Å²) in [6.07, 6.45) is 1.71. The van der Waals surface area contributed by atoms with Crippen LogP contribution in [0.5, 0.6) is 0 Å². The van der Waals surface area contributed by atoms with Crippen LogP contribution in [-0.4, -0.2) is 20.5 Å². The molecule has 108 valence electrons. The molecule has 1 N–H and O–H groups in total. The molecule has 0 aliphatic heterocycles. The standard InChI is InChI=1S/C14H14N4OS2/c1-3-4-11-13(21-18-17-11)14(19)16-9-5-6-10-12(7-9)20-8(2)15-10/h5-7H,3-4H2,1-2H3,(H,16,19). The zero-order chi connectivity index (χ0) is 14.8. The van der Waals surface area contributed by atoms with Crippen molar-refractivity contribution in [1.82, 2.24) is 14.6 Å². The van der Waals surface area contributed by atoms with Crippen LogP contribution in [0.3, 0.4) is 0 Å². The molecule has 0 unspecified atom stereocenters. The second kappa shape index (κ2) is 5.87. The summed E-state index contributed by atoms with van der Waals surface area (Å²) in [5.41, 5.74) is 2.50. The van der Waals surface area contributed by atoms with Crippen molar-refractivity contribution >= 4 is 44.7 Å². The van der Waals surface area contributed by atoms with Gasteiger partial charge < -0.3 is 5.32 Å². The van der Waals surface area contributed by atoms with Crippen LogP contribution in [0.1, 0.15) is 33.7 Å². The van der Waals surface area contributed by atoms with Gasteiger partial charge in [-0.2, -0.15) is 0 Å². The molecule has 2 heterocycles. The van der Waals surface area contributed by atoms with Gasteiger partial charge in [0.25, 0.3) is 5.91 Å². The molecule has 0 spiro atoms. The van der Waals surface area contributed by atoms with Gasteiger partial charge in [0, 0.05) is 5.69 Å². The minimum Gasteiger partial charge on any atom is -0.321 e. The topological polar surface area (TPSA) is 67.8 Å². The molecule has 0 saturated heterocycles. The van der Waals surface area contributed by atoms with E-state index in [1.807, 2.05) is 25.1 Å². The zero-order valence-electron chi connectivity index (χ0n) is 11.7. The molecule has 0 aliphatic rings. The lowest BCUT2D eigenvalue weighted by molar-refractivity contribution is 0.102. The van der Waals surface area contributed by atoms with Gasteiger partial charge in [0.05, 0.1) is 20.9 Å². The third kappa shape index (κ3) is 2.93. The van der Waals surface area contributed by atoms with Crippen LogP contribution >= 0.6 is 22.9 Å². The number of aryl methyl sites for hydroxylation is 2. The number of hydrogen-bond donors (Lipinski definition) is 1. The lowest BCUT2D eigenvalue weighted by Gasteiger charge is -2.04. The Morgan fingerprint density at radius 3 is 3.05 bits per heavy atom. The van der Waals surface area contributed by atoms with Crippen molar-refractivity contribution in [2.75, 3.05) is 5.32 Å². The van der Waals surface area contributed by atoms with Crippen molar-refractivity contribution in [1.29, 1.82) is 0 Å². The third-order valence-corrected chi connectivity index (χ3v) is 4.70. The lowest BCUT2D eigenvalue weighted by Crippen LogP contribution is -2.12. The maximum Gasteiger partial charge on any atom is 0.269 e. The first-order chi connectivity index (χ1) is 10.2. The predicted molar refractivity (Wildman–Crippen MR) is 86.2 cm³/mol. The Morgan fingerprint density at radius 1 is 1.38 bits per heavy atom. The Labute approximate surface area is 130 Å². The summed E-state index contributed by atoms with van der Waals surface area (Å²) in [7, 11) is 0. The zero-order valence-corrected chi connectivity index (χ0v) is 13.3. The summed E-state index contributed by atoms with van der Waals surface area (Å²) >= 11 is 2.76. The van der Waals surface area contributed by atoms with Crippen molar-refractivity contribution in [3.8, 4) is 0 Å². The Hall–Kier alpha value is -1.86. The average molecular weight is 318 g/mol. The summed E-state index contributed by atoms with van der Waals surface area (Å²) in [5.74, 6) is -0.144. The lowest BCUT2D eigenvalue weighted by atomic mass is 10.2. The van der Waals surface area contributed by atoms with Crippen molar-refractivity contribution in [2.45, 2.75) is 26.7 Å². The van der Waals surface area contributed by atoms with Gasteiger partial charge in [-0.3, -0.25) is 4.79 Å². The number of amides is 1. The minimum atomic E-state index is -0.144. The molecule has 0 aliphatic carbocycles. The third-order valence-electron chi connectivity index (χ3n) is 3.00. The number of benzene rings is 1. The van der Waals surface area contributed by atoms with Gasteiger partial charge in [0.15, 0.2) is 0 Å². The van der Waals surface area contributed by atoms with E-state index in [9.17, 15) is 4.79 Å². The van der Waals surface area contributed by atoms with E-state index in [1.165, 1.54) is 0 Å². The van der Waals surface area contributed by atoms with Gasteiger partial charge in [-0.05, 0) is 43.1 Å². The van der Waals surface area contributed by atoms with Gasteiger partial charge in [-0.15, -0.1) is 16.4 Å². The van der Waals surface area contributed by atoms with Crippen LogP contribution in [-0.2, 0) is 6.42 Å². The Kier molecular flexibility index (Phi) is 3.94. The van der Waals surface area contributed by atoms with E-state index >= 15 is 0 Å². The Balaban J connectivity index is 1.83. The van der Waals surface area contributed by atoms with E-state index < -0.39 is 0 Å². The number of anilines is 1. The van der Waals surface area contributed by atoms with E-state index in [4.69, 9.17) is 0 Å².